The maximum Gasteiger partial charge on any atom is 0.269 e. The van der Waals surface area contributed by atoms with E-state index in [0.717, 1.165) is 32.2 Å². The Morgan fingerprint density at radius 1 is 0.929 bits per heavy atom. The van der Waals surface area contributed by atoms with Gasteiger partial charge in [0.15, 0.2) is 5.17 Å². The molecule has 2 aliphatic heterocycles. The zero-order valence-electron chi connectivity index (χ0n) is 15.3. The number of rotatable bonds is 1. The molecule has 7 heteroatoms. The van der Waals surface area contributed by atoms with E-state index in [0.29, 0.717) is 10.1 Å². The number of aromatic nitrogens is 1. The van der Waals surface area contributed by atoms with E-state index < -0.39 is 0 Å². The highest BCUT2D eigenvalue weighted by Crippen LogP contribution is 2.49. The van der Waals surface area contributed by atoms with Crippen LogP contribution < -0.4 is 4.90 Å². The fourth-order valence-corrected chi connectivity index (χ4v) is 5.59. The Morgan fingerprint density at radius 3 is 2.64 bits per heavy atom. The zero-order valence-corrected chi connectivity index (χ0v) is 16.9. The van der Waals surface area contributed by atoms with Crippen molar-refractivity contribution in [3.8, 4) is 0 Å². The number of carbonyl (C=O) groups is 1. The largest absolute Gasteiger partial charge is 0.337 e. The molecule has 0 unspecified atom stereocenters. The van der Waals surface area contributed by atoms with E-state index in [4.69, 9.17) is 4.99 Å². The van der Waals surface area contributed by atoms with Crippen LogP contribution in [0, 0.1) is 0 Å². The lowest BCUT2D eigenvalue weighted by Crippen LogP contribution is -2.24. The first kappa shape index (κ1) is 17.3. The summed E-state index contributed by atoms with van der Waals surface area (Å²) in [7, 11) is 3.78. The van der Waals surface area contributed by atoms with Gasteiger partial charge >= 0.3 is 0 Å². The number of amides is 1. The minimum Gasteiger partial charge on any atom is -0.337 e. The summed E-state index contributed by atoms with van der Waals surface area (Å²) >= 11 is 3.06. The second-order valence-electron chi connectivity index (χ2n) is 6.47. The molecule has 5 rings (SSSR count). The fourth-order valence-electron chi connectivity index (χ4n) is 3.26. The Morgan fingerprint density at radius 2 is 1.79 bits per heavy atom. The van der Waals surface area contributed by atoms with Gasteiger partial charge in [0.1, 0.15) is 4.91 Å². The number of anilines is 1. The van der Waals surface area contributed by atoms with Crippen molar-refractivity contribution in [3.05, 3.63) is 70.7 Å². The third-order valence-electron chi connectivity index (χ3n) is 4.75. The molecule has 2 aromatic carbocycles. The minimum absolute atomic E-state index is 0.0238. The second-order valence-corrected chi connectivity index (χ2v) is 8.48. The molecule has 0 atom stereocenters. The summed E-state index contributed by atoms with van der Waals surface area (Å²) in [6.07, 6.45) is 1.77. The molecule has 0 spiro atoms. The van der Waals surface area contributed by atoms with Gasteiger partial charge in [-0.15, -0.1) is 0 Å². The van der Waals surface area contributed by atoms with Crippen LogP contribution in [0.2, 0.25) is 0 Å². The topological polar surface area (TPSA) is 48.8 Å². The lowest BCUT2D eigenvalue weighted by molar-refractivity contribution is -0.121. The van der Waals surface area contributed by atoms with E-state index in [9.17, 15) is 4.79 Å². The molecule has 3 heterocycles. The molecule has 0 aliphatic carbocycles. The van der Waals surface area contributed by atoms with Crippen LogP contribution in [0.5, 0.6) is 0 Å². The predicted molar refractivity (Wildman–Crippen MR) is 117 cm³/mol. The highest BCUT2D eigenvalue weighted by Gasteiger charge is 2.37. The number of hydrogen-bond acceptors (Lipinski definition) is 6. The van der Waals surface area contributed by atoms with Gasteiger partial charge in [-0.3, -0.25) is 14.7 Å². The predicted octanol–water partition coefficient (Wildman–Crippen LogP) is 4.84. The third kappa shape index (κ3) is 2.70. The van der Waals surface area contributed by atoms with E-state index in [1.165, 1.54) is 11.8 Å². The van der Waals surface area contributed by atoms with E-state index in [1.54, 1.807) is 29.9 Å². The molecule has 0 N–H and O–H groups in total. The number of carbonyl (C=O) groups excluding carboxylic acids is 1. The molecule has 0 bridgehead atoms. The van der Waals surface area contributed by atoms with Gasteiger partial charge in [-0.25, -0.2) is 4.99 Å². The van der Waals surface area contributed by atoms with Gasteiger partial charge in [0.2, 0.25) is 0 Å². The highest BCUT2D eigenvalue weighted by atomic mass is 32.2. The van der Waals surface area contributed by atoms with Gasteiger partial charge in [-0.2, -0.15) is 0 Å². The van der Waals surface area contributed by atoms with E-state index in [2.05, 4.69) is 22.0 Å². The number of nitrogens with zero attached hydrogens (tertiary/aromatic N) is 4. The number of benzene rings is 2. The summed E-state index contributed by atoms with van der Waals surface area (Å²) in [6, 6.07) is 17.9. The Kier molecular flexibility index (Phi) is 4.14. The number of aliphatic imine (C=N–C) groups is 1. The lowest BCUT2D eigenvalue weighted by atomic mass is 10.2. The van der Waals surface area contributed by atoms with Gasteiger partial charge < -0.3 is 4.90 Å². The number of thioether (sulfide) groups is 2. The molecule has 1 aromatic heterocycles. The first-order valence-electron chi connectivity index (χ1n) is 8.77. The van der Waals surface area contributed by atoms with Crippen molar-refractivity contribution in [3.63, 3.8) is 0 Å². The normalized spacial score (nSPS) is 20.5. The fraction of sp³-hybridized carbons (Fsp3) is 0.0952. The first-order chi connectivity index (χ1) is 13.6. The maximum absolute atomic E-state index is 13.0. The van der Waals surface area contributed by atoms with Gasteiger partial charge in [0.25, 0.3) is 5.91 Å². The molecule has 5 nitrogen and oxygen atoms in total. The van der Waals surface area contributed by atoms with Crippen LogP contribution in [-0.4, -0.2) is 35.1 Å². The van der Waals surface area contributed by atoms with Crippen LogP contribution in [0.25, 0.3) is 10.9 Å². The van der Waals surface area contributed by atoms with Crippen LogP contribution in [0.3, 0.4) is 0 Å². The van der Waals surface area contributed by atoms with Gasteiger partial charge in [0, 0.05) is 30.6 Å². The van der Waals surface area contributed by atoms with Crippen LogP contribution in [-0.2, 0) is 4.79 Å². The van der Waals surface area contributed by atoms with E-state index in [-0.39, 0.29) is 5.91 Å². The van der Waals surface area contributed by atoms with Gasteiger partial charge in [-0.05, 0) is 48.2 Å². The Labute approximate surface area is 171 Å². The number of hydrogen-bond donors (Lipinski definition) is 0. The summed E-state index contributed by atoms with van der Waals surface area (Å²) < 4.78 is 0. The van der Waals surface area contributed by atoms with Crippen LogP contribution in [0.15, 0.2) is 80.6 Å². The molecule has 1 saturated heterocycles. The van der Waals surface area contributed by atoms with Crippen molar-refractivity contribution >= 4 is 56.9 Å². The second kappa shape index (κ2) is 6.68. The van der Waals surface area contributed by atoms with Crippen molar-refractivity contribution in [2.45, 2.75) is 4.90 Å². The van der Waals surface area contributed by atoms with Crippen LogP contribution in [0.1, 0.15) is 0 Å². The molecule has 0 radical (unpaired) electrons. The molecule has 0 saturated carbocycles. The number of para-hydroxylation sites is 1. The summed E-state index contributed by atoms with van der Waals surface area (Å²) in [5.41, 5.74) is 2.83. The van der Waals surface area contributed by atoms with E-state index >= 15 is 0 Å². The zero-order chi connectivity index (χ0) is 19.3. The number of amidine groups is 1. The molecule has 1 fully saturated rings. The van der Waals surface area contributed by atoms with Crippen molar-refractivity contribution in [1.82, 2.24) is 9.88 Å². The molecule has 3 aromatic rings. The summed E-state index contributed by atoms with van der Waals surface area (Å²) in [5.74, 6) is -0.0238. The smallest absolute Gasteiger partial charge is 0.269 e. The summed E-state index contributed by atoms with van der Waals surface area (Å²) in [4.78, 5) is 27.7. The van der Waals surface area contributed by atoms with Crippen molar-refractivity contribution in [1.29, 1.82) is 0 Å². The Bertz CT molecular complexity index is 1180. The van der Waals surface area contributed by atoms with Gasteiger partial charge in [0.05, 0.1) is 21.9 Å². The maximum atomic E-state index is 13.0. The average molecular weight is 405 g/mol. The standard InChI is InChI=1S/C21H16N4OS2/c1-24-16-10-3-4-11-17(16)27-20(24)18-19(26)25(2)21(28-18)23-15-9-5-8-14-13(15)7-6-12-22-14/h3-12H,1-2H3. The quantitative estimate of drug-likeness (QED) is 0.543. The van der Waals surface area contributed by atoms with Crippen molar-refractivity contribution in [2.75, 3.05) is 19.0 Å². The van der Waals surface area contributed by atoms with Crippen LogP contribution >= 0.6 is 23.5 Å². The number of fused-ring (bicyclic) bond motifs is 2. The van der Waals surface area contributed by atoms with Gasteiger partial charge in [-0.1, -0.05) is 30.0 Å². The lowest BCUT2D eigenvalue weighted by Gasteiger charge is -2.14. The summed E-state index contributed by atoms with van der Waals surface area (Å²) in [5, 5.41) is 2.60. The molecule has 2 aliphatic rings. The SMILES string of the molecule is CN1C(=O)C(=C2Sc3ccccc3N2C)SC1=Nc1cccc2ncccc12. The number of likely N-dealkylation sites (N-methyl/N-ethyl adjacent to an activating group) is 1. The third-order valence-corrected chi connectivity index (χ3v) is 7.24. The van der Waals surface area contributed by atoms with Crippen molar-refractivity contribution < 1.29 is 4.79 Å². The molecular weight excluding hydrogens is 388 g/mol. The van der Waals surface area contributed by atoms with Crippen LogP contribution in [0.4, 0.5) is 11.4 Å². The van der Waals surface area contributed by atoms with Crippen molar-refractivity contribution in [2.24, 2.45) is 4.99 Å². The monoisotopic (exact) mass is 404 g/mol. The van der Waals surface area contributed by atoms with E-state index in [1.807, 2.05) is 49.5 Å². The highest BCUT2D eigenvalue weighted by molar-refractivity contribution is 8.19. The Hall–Kier alpha value is -2.77. The number of pyridine rings is 1. The average Bonchev–Trinajstić information content (AvgIpc) is 3.20. The summed E-state index contributed by atoms with van der Waals surface area (Å²) in [6.45, 7) is 0. The molecule has 1 amide bonds. The molecule has 28 heavy (non-hydrogen) atoms. The molecule has 138 valence electrons. The molecular formula is C21H16N4OS2. The Balaban J connectivity index is 1.56. The first-order valence-corrected chi connectivity index (χ1v) is 10.4. The minimum atomic E-state index is -0.0238.